The molecule has 140 valence electrons. The highest BCUT2D eigenvalue weighted by Gasteiger charge is 2.38. The summed E-state index contributed by atoms with van der Waals surface area (Å²) in [6.45, 7) is 4.21. The molecule has 1 aromatic carbocycles. The first-order valence-corrected chi connectivity index (χ1v) is 9.00. The number of likely N-dealkylation sites (N-methyl/N-ethyl adjacent to an activating group) is 1. The molecule has 0 bridgehead atoms. The normalized spacial score (nSPS) is 25.7. The molecule has 2 atom stereocenters. The SMILES string of the molecule is CN1CCN(C(=O)CNC2CC2c2ccc(C3CC3)cc2)CC1.Cl.Cl. The molecule has 25 heavy (non-hydrogen) atoms. The van der Waals surface area contributed by atoms with E-state index in [0.29, 0.717) is 18.5 Å². The van der Waals surface area contributed by atoms with Gasteiger partial charge in [0.1, 0.15) is 0 Å². The van der Waals surface area contributed by atoms with Crippen molar-refractivity contribution < 1.29 is 4.79 Å². The molecule has 6 heteroatoms. The van der Waals surface area contributed by atoms with Crippen LogP contribution in [0, 0.1) is 0 Å². The molecule has 1 aromatic rings. The molecule has 1 heterocycles. The Morgan fingerprint density at radius 3 is 2.24 bits per heavy atom. The smallest absolute Gasteiger partial charge is 0.236 e. The molecule has 1 saturated heterocycles. The number of hydrogen-bond acceptors (Lipinski definition) is 3. The molecule has 2 unspecified atom stereocenters. The fourth-order valence-electron chi connectivity index (χ4n) is 3.61. The second-order valence-corrected chi connectivity index (χ2v) is 7.45. The van der Waals surface area contributed by atoms with Crippen molar-refractivity contribution >= 4 is 30.7 Å². The molecule has 3 fully saturated rings. The zero-order chi connectivity index (χ0) is 15.8. The summed E-state index contributed by atoms with van der Waals surface area (Å²) in [5.74, 6) is 1.69. The van der Waals surface area contributed by atoms with Gasteiger partial charge in [-0.05, 0) is 43.4 Å². The Labute approximate surface area is 163 Å². The quantitative estimate of drug-likeness (QED) is 0.845. The van der Waals surface area contributed by atoms with Gasteiger partial charge in [-0.3, -0.25) is 4.79 Å². The van der Waals surface area contributed by atoms with Gasteiger partial charge in [0.2, 0.25) is 5.91 Å². The third kappa shape index (κ3) is 5.10. The van der Waals surface area contributed by atoms with Gasteiger partial charge in [0.15, 0.2) is 0 Å². The Balaban J connectivity index is 0.00000113. The van der Waals surface area contributed by atoms with E-state index < -0.39 is 0 Å². The Hall–Kier alpha value is -0.810. The highest BCUT2D eigenvalue weighted by Crippen LogP contribution is 2.43. The minimum atomic E-state index is 0. The number of rotatable bonds is 5. The lowest BCUT2D eigenvalue weighted by atomic mass is 10.1. The summed E-state index contributed by atoms with van der Waals surface area (Å²) in [5, 5.41) is 3.46. The van der Waals surface area contributed by atoms with Gasteiger partial charge in [-0.25, -0.2) is 0 Å². The van der Waals surface area contributed by atoms with Crippen molar-refractivity contribution in [1.82, 2.24) is 15.1 Å². The van der Waals surface area contributed by atoms with E-state index in [4.69, 9.17) is 0 Å². The highest BCUT2D eigenvalue weighted by molar-refractivity contribution is 5.85. The first kappa shape index (κ1) is 20.5. The fraction of sp³-hybridized carbons (Fsp3) is 0.632. The van der Waals surface area contributed by atoms with E-state index in [0.717, 1.165) is 32.1 Å². The van der Waals surface area contributed by atoms with Crippen molar-refractivity contribution in [3.63, 3.8) is 0 Å². The summed E-state index contributed by atoms with van der Waals surface area (Å²) < 4.78 is 0. The van der Waals surface area contributed by atoms with Crippen LogP contribution < -0.4 is 5.32 Å². The first-order chi connectivity index (χ1) is 11.2. The number of carbonyl (C=O) groups is 1. The summed E-state index contributed by atoms with van der Waals surface area (Å²) >= 11 is 0. The third-order valence-electron chi connectivity index (χ3n) is 5.58. The van der Waals surface area contributed by atoms with Gasteiger partial charge in [-0.1, -0.05) is 24.3 Å². The van der Waals surface area contributed by atoms with Gasteiger partial charge in [-0.2, -0.15) is 0 Å². The predicted molar refractivity (Wildman–Crippen MR) is 106 cm³/mol. The topological polar surface area (TPSA) is 35.6 Å². The van der Waals surface area contributed by atoms with Crippen molar-refractivity contribution in [3.05, 3.63) is 35.4 Å². The van der Waals surface area contributed by atoms with E-state index in [1.165, 1.54) is 30.4 Å². The summed E-state index contributed by atoms with van der Waals surface area (Å²) in [7, 11) is 2.11. The van der Waals surface area contributed by atoms with Gasteiger partial charge in [0.05, 0.1) is 6.54 Å². The van der Waals surface area contributed by atoms with E-state index in [1.54, 1.807) is 0 Å². The second-order valence-electron chi connectivity index (χ2n) is 7.45. The predicted octanol–water partition coefficient (Wildman–Crippen LogP) is 2.63. The molecule has 1 aliphatic heterocycles. The van der Waals surface area contributed by atoms with E-state index >= 15 is 0 Å². The molecule has 1 amide bonds. The van der Waals surface area contributed by atoms with Crippen LogP contribution in [0.25, 0.3) is 0 Å². The lowest BCUT2D eigenvalue weighted by Gasteiger charge is -2.32. The lowest BCUT2D eigenvalue weighted by molar-refractivity contribution is -0.131. The summed E-state index contributed by atoms with van der Waals surface area (Å²) in [6, 6.07) is 9.68. The maximum Gasteiger partial charge on any atom is 0.236 e. The summed E-state index contributed by atoms with van der Waals surface area (Å²) in [5.41, 5.74) is 2.93. The van der Waals surface area contributed by atoms with Crippen molar-refractivity contribution in [1.29, 1.82) is 0 Å². The summed E-state index contributed by atoms with van der Waals surface area (Å²) in [6.07, 6.45) is 3.89. The number of benzene rings is 1. The van der Waals surface area contributed by atoms with E-state index in [1.807, 2.05) is 4.90 Å². The number of amides is 1. The lowest BCUT2D eigenvalue weighted by Crippen LogP contribution is -2.49. The van der Waals surface area contributed by atoms with E-state index in [9.17, 15) is 4.79 Å². The third-order valence-corrected chi connectivity index (χ3v) is 5.58. The first-order valence-electron chi connectivity index (χ1n) is 9.00. The largest absolute Gasteiger partial charge is 0.339 e. The van der Waals surface area contributed by atoms with Crippen LogP contribution in [-0.2, 0) is 4.79 Å². The van der Waals surface area contributed by atoms with Crippen LogP contribution in [0.2, 0.25) is 0 Å². The number of halogens is 2. The average Bonchev–Trinajstić information content (AvgIpc) is 3.47. The zero-order valence-electron chi connectivity index (χ0n) is 14.8. The van der Waals surface area contributed by atoms with Gasteiger partial charge >= 0.3 is 0 Å². The molecule has 2 aliphatic carbocycles. The van der Waals surface area contributed by atoms with Crippen molar-refractivity contribution in [3.8, 4) is 0 Å². The van der Waals surface area contributed by atoms with Crippen LogP contribution in [0.1, 0.15) is 42.2 Å². The molecule has 0 aromatic heterocycles. The molecule has 1 N–H and O–H groups in total. The standard InChI is InChI=1S/C19H27N3O.2ClH/c1-21-8-10-22(11-9-21)19(23)13-20-18-12-17(18)16-6-4-15(5-7-16)14-2-3-14;;/h4-7,14,17-18,20H,2-3,8-13H2,1H3;2*1H. The Bertz CT molecular complexity index is 569. The fourth-order valence-corrected chi connectivity index (χ4v) is 3.61. The molecule has 0 radical (unpaired) electrons. The average molecular weight is 386 g/mol. The molecule has 4 nitrogen and oxygen atoms in total. The monoisotopic (exact) mass is 385 g/mol. The Morgan fingerprint density at radius 2 is 1.64 bits per heavy atom. The van der Waals surface area contributed by atoms with Gasteiger partial charge in [0, 0.05) is 38.1 Å². The maximum atomic E-state index is 12.3. The minimum Gasteiger partial charge on any atom is -0.339 e. The molecule has 2 saturated carbocycles. The second kappa shape index (κ2) is 8.72. The molecular formula is C19H29Cl2N3O. The molecule has 4 rings (SSSR count). The van der Waals surface area contributed by atoms with Gasteiger partial charge < -0.3 is 15.1 Å². The van der Waals surface area contributed by atoms with Gasteiger partial charge in [0.25, 0.3) is 0 Å². The Kier molecular flexibility index (Phi) is 7.15. The maximum absolute atomic E-state index is 12.3. The number of nitrogens with one attached hydrogen (secondary N) is 1. The molecular weight excluding hydrogens is 357 g/mol. The van der Waals surface area contributed by atoms with Crippen LogP contribution in [0.5, 0.6) is 0 Å². The molecule has 3 aliphatic rings. The minimum absolute atomic E-state index is 0. The van der Waals surface area contributed by atoms with Crippen LogP contribution in [0.4, 0.5) is 0 Å². The van der Waals surface area contributed by atoms with Crippen molar-refractivity contribution in [2.75, 3.05) is 39.8 Å². The van der Waals surface area contributed by atoms with Crippen LogP contribution in [0.15, 0.2) is 24.3 Å². The van der Waals surface area contributed by atoms with E-state index in [-0.39, 0.29) is 30.7 Å². The zero-order valence-corrected chi connectivity index (χ0v) is 16.5. The summed E-state index contributed by atoms with van der Waals surface area (Å²) in [4.78, 5) is 16.5. The highest BCUT2D eigenvalue weighted by atomic mass is 35.5. The molecule has 0 spiro atoms. The number of carbonyl (C=O) groups excluding carboxylic acids is 1. The van der Waals surface area contributed by atoms with E-state index in [2.05, 4.69) is 41.5 Å². The van der Waals surface area contributed by atoms with Crippen molar-refractivity contribution in [2.24, 2.45) is 0 Å². The number of nitrogens with zero attached hydrogens (tertiary/aromatic N) is 2. The number of piperazine rings is 1. The van der Waals surface area contributed by atoms with Crippen molar-refractivity contribution in [2.45, 2.75) is 37.1 Å². The van der Waals surface area contributed by atoms with Crippen LogP contribution in [-0.4, -0.2) is 61.5 Å². The number of hydrogen-bond donors (Lipinski definition) is 1. The van der Waals surface area contributed by atoms with Gasteiger partial charge in [-0.15, -0.1) is 24.8 Å². The Morgan fingerprint density at radius 1 is 1.04 bits per heavy atom. The van der Waals surface area contributed by atoms with Crippen LogP contribution >= 0.6 is 24.8 Å². The van der Waals surface area contributed by atoms with Crippen LogP contribution in [0.3, 0.4) is 0 Å².